The topological polar surface area (TPSA) is 28.2 Å². The van der Waals surface area contributed by atoms with Crippen molar-refractivity contribution < 1.29 is 0 Å². The molecule has 0 amide bonds. The van der Waals surface area contributed by atoms with E-state index < -0.39 is 0 Å². The first-order valence-electron chi connectivity index (χ1n) is 8.55. The number of anilines is 1. The summed E-state index contributed by atoms with van der Waals surface area (Å²) in [5.41, 5.74) is 3.17. The van der Waals surface area contributed by atoms with E-state index in [1.54, 1.807) is 0 Å². The van der Waals surface area contributed by atoms with Crippen molar-refractivity contribution in [3.63, 3.8) is 0 Å². The molecule has 1 saturated heterocycles. The highest BCUT2D eigenvalue weighted by molar-refractivity contribution is 5.47. The van der Waals surface area contributed by atoms with Gasteiger partial charge in [0.1, 0.15) is 5.82 Å². The van der Waals surface area contributed by atoms with E-state index in [4.69, 9.17) is 4.98 Å². The summed E-state index contributed by atoms with van der Waals surface area (Å²) in [6.45, 7) is 13.2. The van der Waals surface area contributed by atoms with Crippen molar-refractivity contribution in [2.45, 2.75) is 59.9 Å². The average molecular weight is 289 g/mol. The van der Waals surface area contributed by atoms with Gasteiger partial charge in [0.2, 0.25) is 0 Å². The van der Waals surface area contributed by atoms with E-state index in [9.17, 15) is 0 Å². The van der Waals surface area contributed by atoms with Gasteiger partial charge < -0.3 is 10.2 Å². The minimum atomic E-state index is 0.579. The lowest BCUT2D eigenvalue weighted by atomic mass is 9.74. The van der Waals surface area contributed by atoms with Crippen molar-refractivity contribution in [2.24, 2.45) is 5.41 Å². The third-order valence-electron chi connectivity index (χ3n) is 5.31. The summed E-state index contributed by atoms with van der Waals surface area (Å²) >= 11 is 0. The van der Waals surface area contributed by atoms with E-state index in [0.29, 0.717) is 5.41 Å². The van der Waals surface area contributed by atoms with Crippen LogP contribution >= 0.6 is 0 Å². The van der Waals surface area contributed by atoms with Crippen LogP contribution in [0.1, 0.15) is 57.6 Å². The van der Waals surface area contributed by atoms with Gasteiger partial charge in [0.25, 0.3) is 0 Å². The second kappa shape index (κ2) is 7.26. The number of hydrogen-bond acceptors (Lipinski definition) is 3. The predicted octanol–water partition coefficient (Wildman–Crippen LogP) is 3.91. The van der Waals surface area contributed by atoms with Gasteiger partial charge in [-0.05, 0) is 48.9 Å². The summed E-state index contributed by atoms with van der Waals surface area (Å²) in [6.07, 6.45) is 7.27. The standard InChI is InChI=1S/C18H31N3/c1-5-18(6-2)8-10-21(11-9-18)17-15(4)12-16(14-20-17)13-19-7-3/h12,14,19H,5-11,13H2,1-4H3. The Balaban J connectivity index is 2.03. The average Bonchev–Trinajstić information content (AvgIpc) is 2.53. The minimum Gasteiger partial charge on any atom is -0.356 e. The molecule has 2 rings (SSSR count). The molecule has 0 radical (unpaired) electrons. The molecule has 1 aromatic rings. The van der Waals surface area contributed by atoms with Gasteiger partial charge >= 0.3 is 0 Å². The lowest BCUT2D eigenvalue weighted by Gasteiger charge is -2.41. The molecule has 1 aliphatic heterocycles. The van der Waals surface area contributed by atoms with Crippen LogP contribution in [0.4, 0.5) is 5.82 Å². The third-order valence-corrected chi connectivity index (χ3v) is 5.31. The smallest absolute Gasteiger partial charge is 0.131 e. The minimum absolute atomic E-state index is 0.579. The van der Waals surface area contributed by atoms with Crippen LogP contribution in [0.2, 0.25) is 0 Å². The van der Waals surface area contributed by atoms with Gasteiger partial charge in [-0.1, -0.05) is 33.6 Å². The molecule has 0 bridgehead atoms. The summed E-state index contributed by atoms with van der Waals surface area (Å²) in [7, 11) is 0. The fourth-order valence-corrected chi connectivity index (χ4v) is 3.47. The second-order valence-corrected chi connectivity index (χ2v) is 6.46. The highest BCUT2D eigenvalue weighted by atomic mass is 15.2. The lowest BCUT2D eigenvalue weighted by Crippen LogP contribution is -2.40. The maximum Gasteiger partial charge on any atom is 0.131 e. The monoisotopic (exact) mass is 289 g/mol. The molecule has 0 aromatic carbocycles. The summed E-state index contributed by atoms with van der Waals surface area (Å²) in [5.74, 6) is 1.19. The second-order valence-electron chi connectivity index (χ2n) is 6.46. The molecular weight excluding hydrogens is 258 g/mol. The number of nitrogens with zero attached hydrogens (tertiary/aromatic N) is 2. The maximum atomic E-state index is 4.74. The van der Waals surface area contributed by atoms with E-state index in [-0.39, 0.29) is 0 Å². The van der Waals surface area contributed by atoms with Crippen LogP contribution < -0.4 is 10.2 Å². The molecule has 0 aliphatic carbocycles. The van der Waals surface area contributed by atoms with Crippen LogP contribution in [-0.2, 0) is 6.54 Å². The molecule has 0 saturated carbocycles. The summed E-state index contributed by atoms with van der Waals surface area (Å²) in [6, 6.07) is 2.28. The number of piperidine rings is 1. The number of rotatable bonds is 6. The lowest BCUT2D eigenvalue weighted by molar-refractivity contribution is 0.199. The molecule has 0 unspecified atom stereocenters. The quantitative estimate of drug-likeness (QED) is 0.860. The molecule has 1 fully saturated rings. The Morgan fingerprint density at radius 2 is 1.86 bits per heavy atom. The van der Waals surface area contributed by atoms with Gasteiger partial charge in [-0.15, -0.1) is 0 Å². The van der Waals surface area contributed by atoms with E-state index in [1.807, 2.05) is 6.20 Å². The van der Waals surface area contributed by atoms with E-state index in [2.05, 4.69) is 44.0 Å². The van der Waals surface area contributed by atoms with Gasteiger partial charge in [0.05, 0.1) is 0 Å². The van der Waals surface area contributed by atoms with Crippen LogP contribution in [-0.4, -0.2) is 24.6 Å². The molecule has 2 heterocycles. The molecule has 3 nitrogen and oxygen atoms in total. The van der Waals surface area contributed by atoms with Gasteiger partial charge in [-0.25, -0.2) is 4.98 Å². The largest absolute Gasteiger partial charge is 0.356 e. The SMILES string of the molecule is CCNCc1cnc(N2CCC(CC)(CC)CC2)c(C)c1. The molecule has 21 heavy (non-hydrogen) atoms. The normalized spacial score (nSPS) is 18.0. The fourth-order valence-electron chi connectivity index (χ4n) is 3.47. The van der Waals surface area contributed by atoms with Gasteiger partial charge in [0, 0.05) is 25.8 Å². The Bertz CT molecular complexity index is 442. The number of aromatic nitrogens is 1. The summed E-state index contributed by atoms with van der Waals surface area (Å²) in [5, 5.41) is 3.36. The zero-order valence-corrected chi connectivity index (χ0v) is 14.2. The van der Waals surface area contributed by atoms with E-state index in [0.717, 1.165) is 26.2 Å². The highest BCUT2D eigenvalue weighted by Gasteiger charge is 2.31. The van der Waals surface area contributed by atoms with Gasteiger partial charge in [0.15, 0.2) is 0 Å². The molecule has 1 N–H and O–H groups in total. The molecule has 1 aliphatic rings. The highest BCUT2D eigenvalue weighted by Crippen LogP contribution is 2.39. The van der Waals surface area contributed by atoms with E-state index >= 15 is 0 Å². The van der Waals surface area contributed by atoms with Crippen molar-refractivity contribution in [3.8, 4) is 0 Å². The molecule has 0 atom stereocenters. The Labute approximate surface area is 130 Å². The maximum absolute atomic E-state index is 4.74. The fraction of sp³-hybridized carbons (Fsp3) is 0.722. The van der Waals surface area contributed by atoms with Crippen molar-refractivity contribution in [2.75, 3.05) is 24.5 Å². The predicted molar refractivity (Wildman–Crippen MR) is 90.8 cm³/mol. The summed E-state index contributed by atoms with van der Waals surface area (Å²) in [4.78, 5) is 7.22. The van der Waals surface area contributed by atoms with Crippen molar-refractivity contribution in [1.82, 2.24) is 10.3 Å². The number of nitrogens with one attached hydrogen (secondary N) is 1. The Hall–Kier alpha value is -1.09. The molecule has 118 valence electrons. The number of aryl methyl sites for hydroxylation is 1. The summed E-state index contributed by atoms with van der Waals surface area (Å²) < 4.78 is 0. The molecule has 1 aromatic heterocycles. The number of hydrogen-bond donors (Lipinski definition) is 1. The van der Waals surface area contributed by atoms with E-state index in [1.165, 1.54) is 42.6 Å². The Morgan fingerprint density at radius 1 is 1.19 bits per heavy atom. The van der Waals surface area contributed by atoms with Crippen LogP contribution in [0.5, 0.6) is 0 Å². The van der Waals surface area contributed by atoms with Crippen molar-refractivity contribution in [3.05, 3.63) is 23.4 Å². The third kappa shape index (κ3) is 3.76. The van der Waals surface area contributed by atoms with Gasteiger partial charge in [-0.2, -0.15) is 0 Å². The van der Waals surface area contributed by atoms with Crippen LogP contribution in [0, 0.1) is 12.3 Å². The number of pyridine rings is 1. The first kappa shape index (κ1) is 16.3. The molecule has 3 heteroatoms. The van der Waals surface area contributed by atoms with Gasteiger partial charge in [-0.3, -0.25) is 0 Å². The van der Waals surface area contributed by atoms with Crippen LogP contribution in [0.15, 0.2) is 12.3 Å². The van der Waals surface area contributed by atoms with Crippen molar-refractivity contribution in [1.29, 1.82) is 0 Å². The first-order chi connectivity index (χ1) is 10.1. The zero-order chi connectivity index (χ0) is 15.3. The Kier molecular flexibility index (Phi) is 5.63. The van der Waals surface area contributed by atoms with Crippen LogP contribution in [0.3, 0.4) is 0 Å². The zero-order valence-electron chi connectivity index (χ0n) is 14.2. The van der Waals surface area contributed by atoms with Crippen molar-refractivity contribution >= 4 is 5.82 Å². The first-order valence-corrected chi connectivity index (χ1v) is 8.55. The Morgan fingerprint density at radius 3 is 2.38 bits per heavy atom. The molecular formula is C18H31N3. The molecule has 0 spiro atoms. The van der Waals surface area contributed by atoms with Crippen LogP contribution in [0.25, 0.3) is 0 Å².